The Kier molecular flexibility index (Phi) is 4.80. The second-order valence-electron chi connectivity index (χ2n) is 5.31. The van der Waals surface area contributed by atoms with Gasteiger partial charge in [0, 0.05) is 6.42 Å². The van der Waals surface area contributed by atoms with Gasteiger partial charge in [0.2, 0.25) is 0 Å². The molecule has 0 amide bonds. The number of nitrogens with two attached hydrogens (primary N) is 1. The topological polar surface area (TPSA) is 35.2 Å². The number of hydrogen-bond acceptors (Lipinski definition) is 2. The minimum absolute atomic E-state index is 0.0148. The van der Waals surface area contributed by atoms with E-state index in [0.717, 1.165) is 17.7 Å². The summed E-state index contributed by atoms with van der Waals surface area (Å²) in [5.41, 5.74) is 10.7. The van der Waals surface area contributed by atoms with E-state index in [1.807, 2.05) is 18.2 Å². The summed E-state index contributed by atoms with van der Waals surface area (Å²) < 4.78 is 6.23. The summed E-state index contributed by atoms with van der Waals surface area (Å²) in [6.07, 6.45) is 0.833. The first-order valence-corrected chi connectivity index (χ1v) is 7.11. The molecule has 1 unspecified atom stereocenters. The molecule has 2 rings (SSSR count). The molecule has 2 nitrogen and oxygen atoms in total. The van der Waals surface area contributed by atoms with Crippen molar-refractivity contribution >= 4 is 0 Å². The monoisotopic (exact) mass is 269 g/mol. The van der Waals surface area contributed by atoms with Crippen LogP contribution in [0.3, 0.4) is 0 Å². The van der Waals surface area contributed by atoms with E-state index in [9.17, 15) is 0 Å². The first-order chi connectivity index (χ1) is 9.61. The van der Waals surface area contributed by atoms with E-state index in [2.05, 4.69) is 45.0 Å². The van der Waals surface area contributed by atoms with Gasteiger partial charge >= 0.3 is 0 Å². The Morgan fingerprint density at radius 2 is 1.75 bits per heavy atom. The lowest BCUT2D eigenvalue weighted by molar-refractivity contribution is 0.195. The van der Waals surface area contributed by atoms with Crippen LogP contribution in [0.5, 0.6) is 5.75 Å². The molecule has 2 aromatic rings. The smallest absolute Gasteiger partial charge is 0.125 e. The minimum Gasteiger partial charge on any atom is -0.485 e. The lowest BCUT2D eigenvalue weighted by atomic mass is 9.98. The normalized spacial score (nSPS) is 12.2. The van der Waals surface area contributed by atoms with Crippen LogP contribution in [-0.4, -0.2) is 6.54 Å². The Morgan fingerprint density at radius 1 is 1.00 bits per heavy atom. The predicted octanol–water partition coefficient (Wildman–Crippen LogP) is 4.08. The lowest BCUT2D eigenvalue weighted by Crippen LogP contribution is -2.15. The predicted molar refractivity (Wildman–Crippen MR) is 84.1 cm³/mol. The van der Waals surface area contributed by atoms with Crippen LogP contribution in [-0.2, 0) is 0 Å². The Balaban J connectivity index is 2.32. The first-order valence-electron chi connectivity index (χ1n) is 7.11. The van der Waals surface area contributed by atoms with Gasteiger partial charge in [-0.05, 0) is 50.1 Å². The van der Waals surface area contributed by atoms with E-state index in [1.54, 1.807) is 0 Å². The van der Waals surface area contributed by atoms with E-state index in [0.29, 0.717) is 6.54 Å². The summed E-state index contributed by atoms with van der Waals surface area (Å²) in [7, 11) is 0. The average Bonchev–Trinajstić information content (AvgIpc) is 2.43. The van der Waals surface area contributed by atoms with Crippen molar-refractivity contribution in [2.75, 3.05) is 6.54 Å². The molecular formula is C18H23NO. The third-order valence-corrected chi connectivity index (χ3v) is 3.57. The Bertz CT molecular complexity index is 577. The summed E-state index contributed by atoms with van der Waals surface area (Å²) in [5.74, 6) is 0.937. The molecule has 2 heteroatoms. The second kappa shape index (κ2) is 6.58. The van der Waals surface area contributed by atoms with Gasteiger partial charge in [-0.1, -0.05) is 42.0 Å². The molecular weight excluding hydrogens is 246 g/mol. The van der Waals surface area contributed by atoms with E-state index in [1.165, 1.54) is 16.7 Å². The summed E-state index contributed by atoms with van der Waals surface area (Å²) >= 11 is 0. The van der Waals surface area contributed by atoms with Gasteiger partial charge in [-0.3, -0.25) is 0 Å². The Morgan fingerprint density at radius 3 is 2.45 bits per heavy atom. The summed E-state index contributed by atoms with van der Waals surface area (Å²) in [4.78, 5) is 0. The van der Waals surface area contributed by atoms with E-state index >= 15 is 0 Å². The number of benzene rings is 2. The molecule has 0 aromatic heterocycles. The average molecular weight is 269 g/mol. The number of aryl methyl sites for hydroxylation is 3. The first kappa shape index (κ1) is 14.6. The van der Waals surface area contributed by atoms with Gasteiger partial charge < -0.3 is 10.5 Å². The van der Waals surface area contributed by atoms with Crippen molar-refractivity contribution in [3.8, 4) is 5.75 Å². The number of rotatable bonds is 5. The van der Waals surface area contributed by atoms with Crippen molar-refractivity contribution in [2.24, 2.45) is 5.73 Å². The maximum absolute atomic E-state index is 6.23. The molecule has 0 fully saturated rings. The summed E-state index contributed by atoms with van der Waals surface area (Å²) in [6, 6.07) is 14.6. The third kappa shape index (κ3) is 3.40. The van der Waals surface area contributed by atoms with Gasteiger partial charge in [0.05, 0.1) is 0 Å². The van der Waals surface area contributed by atoms with Crippen molar-refractivity contribution in [1.29, 1.82) is 0 Å². The molecule has 0 radical (unpaired) electrons. The molecule has 0 spiro atoms. The van der Waals surface area contributed by atoms with Crippen molar-refractivity contribution in [1.82, 2.24) is 0 Å². The number of hydrogen-bond donors (Lipinski definition) is 1. The number of para-hydroxylation sites is 1. The van der Waals surface area contributed by atoms with Crippen molar-refractivity contribution in [3.63, 3.8) is 0 Å². The quantitative estimate of drug-likeness (QED) is 0.887. The molecule has 0 saturated heterocycles. The molecule has 1 atom stereocenters. The Hall–Kier alpha value is -1.80. The van der Waals surface area contributed by atoms with Crippen molar-refractivity contribution < 1.29 is 4.74 Å². The zero-order chi connectivity index (χ0) is 14.5. The molecule has 0 saturated carbocycles. The summed E-state index contributed by atoms with van der Waals surface area (Å²) in [5, 5.41) is 0. The molecule has 0 aliphatic carbocycles. The molecule has 106 valence electrons. The van der Waals surface area contributed by atoms with Crippen LogP contribution < -0.4 is 10.5 Å². The molecule has 20 heavy (non-hydrogen) atoms. The fraction of sp³-hybridized carbons (Fsp3) is 0.333. The highest BCUT2D eigenvalue weighted by atomic mass is 16.5. The zero-order valence-electron chi connectivity index (χ0n) is 12.5. The largest absolute Gasteiger partial charge is 0.485 e. The van der Waals surface area contributed by atoms with Crippen LogP contribution in [0.4, 0.5) is 0 Å². The molecule has 0 heterocycles. The molecule has 2 N–H and O–H groups in total. The highest BCUT2D eigenvalue weighted by Crippen LogP contribution is 2.29. The minimum atomic E-state index is 0.0148. The standard InChI is InChI=1S/C18H23NO/c1-13-8-9-14(2)16(12-13)18(10-11-19)20-17-7-5-4-6-15(17)3/h4-9,12,18H,10-11,19H2,1-3H3. The molecule has 0 bridgehead atoms. The molecule has 2 aromatic carbocycles. The maximum atomic E-state index is 6.23. The van der Waals surface area contributed by atoms with E-state index in [-0.39, 0.29) is 6.10 Å². The maximum Gasteiger partial charge on any atom is 0.125 e. The van der Waals surface area contributed by atoms with Crippen LogP contribution in [0.2, 0.25) is 0 Å². The third-order valence-electron chi connectivity index (χ3n) is 3.57. The highest BCUT2D eigenvalue weighted by Gasteiger charge is 2.16. The lowest BCUT2D eigenvalue weighted by Gasteiger charge is -2.22. The van der Waals surface area contributed by atoms with Gasteiger partial charge in [0.1, 0.15) is 11.9 Å². The highest BCUT2D eigenvalue weighted by molar-refractivity contribution is 5.36. The van der Waals surface area contributed by atoms with Gasteiger partial charge in [0.25, 0.3) is 0 Å². The number of ether oxygens (including phenoxy) is 1. The van der Waals surface area contributed by atoms with Gasteiger partial charge in [-0.25, -0.2) is 0 Å². The van der Waals surface area contributed by atoms with Crippen molar-refractivity contribution in [2.45, 2.75) is 33.3 Å². The van der Waals surface area contributed by atoms with Crippen LogP contribution in [0.15, 0.2) is 42.5 Å². The SMILES string of the molecule is Cc1ccc(C)c(C(CCN)Oc2ccccc2C)c1. The second-order valence-corrected chi connectivity index (χ2v) is 5.31. The van der Waals surface area contributed by atoms with E-state index < -0.39 is 0 Å². The van der Waals surface area contributed by atoms with Crippen LogP contribution in [0, 0.1) is 20.8 Å². The fourth-order valence-corrected chi connectivity index (χ4v) is 2.38. The molecule has 0 aliphatic heterocycles. The van der Waals surface area contributed by atoms with Gasteiger partial charge in [0.15, 0.2) is 0 Å². The van der Waals surface area contributed by atoms with Crippen molar-refractivity contribution in [3.05, 3.63) is 64.7 Å². The van der Waals surface area contributed by atoms with E-state index in [4.69, 9.17) is 10.5 Å². The summed E-state index contributed by atoms with van der Waals surface area (Å²) in [6.45, 7) is 6.91. The van der Waals surface area contributed by atoms with Crippen LogP contribution in [0.1, 0.15) is 34.8 Å². The van der Waals surface area contributed by atoms with Gasteiger partial charge in [-0.2, -0.15) is 0 Å². The Labute approximate surface area is 121 Å². The zero-order valence-corrected chi connectivity index (χ0v) is 12.5. The fourth-order valence-electron chi connectivity index (χ4n) is 2.38. The molecule has 0 aliphatic rings. The van der Waals surface area contributed by atoms with Crippen LogP contribution in [0.25, 0.3) is 0 Å². The van der Waals surface area contributed by atoms with Crippen LogP contribution >= 0.6 is 0 Å². The van der Waals surface area contributed by atoms with Gasteiger partial charge in [-0.15, -0.1) is 0 Å².